The van der Waals surface area contributed by atoms with Gasteiger partial charge in [0.15, 0.2) is 0 Å². The number of nitrogens with zero attached hydrogens (tertiary/aromatic N) is 2. The van der Waals surface area contributed by atoms with Crippen molar-refractivity contribution in [2.75, 3.05) is 24.4 Å². The monoisotopic (exact) mass is 336 g/mol. The topological polar surface area (TPSA) is 68.3 Å². The van der Waals surface area contributed by atoms with Gasteiger partial charge in [-0.3, -0.25) is 0 Å². The van der Waals surface area contributed by atoms with E-state index in [1.807, 2.05) is 61.5 Å². The summed E-state index contributed by atoms with van der Waals surface area (Å²) in [5, 5.41) is 6.44. The molecule has 25 heavy (non-hydrogen) atoms. The normalized spacial score (nSPS) is 10.2. The smallest absolute Gasteiger partial charge is 0.229 e. The molecule has 3 aromatic rings. The number of hydrogen-bond donors (Lipinski definition) is 2. The molecule has 2 N–H and O–H groups in total. The molecule has 0 saturated heterocycles. The highest BCUT2D eigenvalue weighted by Gasteiger charge is 2.05. The van der Waals surface area contributed by atoms with Crippen LogP contribution in [-0.2, 0) is 0 Å². The van der Waals surface area contributed by atoms with Gasteiger partial charge < -0.3 is 20.1 Å². The van der Waals surface area contributed by atoms with Gasteiger partial charge in [-0.05, 0) is 49.4 Å². The fraction of sp³-hybridized carbons (Fsp3) is 0.158. The summed E-state index contributed by atoms with van der Waals surface area (Å²) in [6, 6.07) is 17.1. The second-order valence-corrected chi connectivity index (χ2v) is 5.17. The largest absolute Gasteiger partial charge is 0.497 e. The van der Waals surface area contributed by atoms with Gasteiger partial charge in [0, 0.05) is 11.9 Å². The summed E-state index contributed by atoms with van der Waals surface area (Å²) in [5.41, 5.74) is 1.74. The van der Waals surface area contributed by atoms with Gasteiger partial charge in [0.1, 0.15) is 17.3 Å². The number of benzene rings is 2. The second-order valence-electron chi connectivity index (χ2n) is 5.17. The van der Waals surface area contributed by atoms with E-state index in [-0.39, 0.29) is 0 Å². The van der Waals surface area contributed by atoms with Crippen molar-refractivity contribution in [3.63, 3.8) is 0 Å². The molecule has 0 bridgehead atoms. The summed E-state index contributed by atoms with van der Waals surface area (Å²) in [7, 11) is 1.64. The highest BCUT2D eigenvalue weighted by molar-refractivity contribution is 5.65. The van der Waals surface area contributed by atoms with Crippen LogP contribution in [0.1, 0.15) is 6.92 Å². The first-order valence-electron chi connectivity index (χ1n) is 8.01. The third-order valence-electron chi connectivity index (χ3n) is 3.45. The fourth-order valence-electron chi connectivity index (χ4n) is 2.28. The number of nitrogens with one attached hydrogen (secondary N) is 2. The first-order valence-corrected chi connectivity index (χ1v) is 8.01. The molecule has 0 amide bonds. The highest BCUT2D eigenvalue weighted by Crippen LogP contribution is 2.27. The summed E-state index contributed by atoms with van der Waals surface area (Å²) in [4.78, 5) is 8.74. The number of para-hydroxylation sites is 2. The van der Waals surface area contributed by atoms with Gasteiger partial charge in [-0.25, -0.2) is 4.98 Å². The van der Waals surface area contributed by atoms with E-state index in [0.717, 1.165) is 22.9 Å². The molecule has 3 rings (SSSR count). The Balaban J connectivity index is 1.75. The number of aromatic nitrogens is 2. The maximum Gasteiger partial charge on any atom is 0.229 e. The Kier molecular flexibility index (Phi) is 5.31. The number of rotatable bonds is 7. The van der Waals surface area contributed by atoms with Crippen molar-refractivity contribution in [2.45, 2.75) is 6.92 Å². The molecule has 1 aromatic heterocycles. The zero-order chi connectivity index (χ0) is 17.5. The maximum atomic E-state index is 5.62. The van der Waals surface area contributed by atoms with Crippen molar-refractivity contribution in [2.24, 2.45) is 0 Å². The molecule has 0 fully saturated rings. The number of anilines is 4. The molecule has 0 radical (unpaired) electrons. The average Bonchev–Trinajstić information content (AvgIpc) is 2.65. The van der Waals surface area contributed by atoms with E-state index in [4.69, 9.17) is 9.47 Å². The first-order chi connectivity index (χ1) is 12.3. The molecule has 6 heteroatoms. The van der Waals surface area contributed by atoms with Gasteiger partial charge >= 0.3 is 0 Å². The first kappa shape index (κ1) is 16.6. The van der Waals surface area contributed by atoms with Gasteiger partial charge in [0.2, 0.25) is 5.95 Å². The van der Waals surface area contributed by atoms with Crippen LogP contribution in [0.4, 0.5) is 23.1 Å². The molecular weight excluding hydrogens is 316 g/mol. The zero-order valence-electron chi connectivity index (χ0n) is 14.2. The Morgan fingerprint density at radius 1 is 0.960 bits per heavy atom. The van der Waals surface area contributed by atoms with E-state index in [2.05, 4.69) is 20.6 Å². The van der Waals surface area contributed by atoms with Crippen LogP contribution in [0.5, 0.6) is 11.5 Å². The van der Waals surface area contributed by atoms with Crippen LogP contribution >= 0.6 is 0 Å². The second kappa shape index (κ2) is 8.01. The van der Waals surface area contributed by atoms with E-state index in [9.17, 15) is 0 Å². The molecule has 0 spiro atoms. The molecule has 2 aromatic carbocycles. The minimum absolute atomic E-state index is 0.504. The van der Waals surface area contributed by atoms with Crippen molar-refractivity contribution in [3.8, 4) is 11.5 Å². The van der Waals surface area contributed by atoms with Crippen LogP contribution in [0.25, 0.3) is 0 Å². The predicted molar refractivity (Wildman–Crippen MR) is 99.2 cm³/mol. The lowest BCUT2D eigenvalue weighted by Crippen LogP contribution is -2.02. The van der Waals surface area contributed by atoms with Crippen molar-refractivity contribution in [3.05, 3.63) is 60.8 Å². The third-order valence-corrected chi connectivity index (χ3v) is 3.45. The van der Waals surface area contributed by atoms with E-state index in [0.29, 0.717) is 18.4 Å². The van der Waals surface area contributed by atoms with E-state index >= 15 is 0 Å². The Hall–Kier alpha value is -3.28. The van der Waals surface area contributed by atoms with E-state index < -0.39 is 0 Å². The maximum absolute atomic E-state index is 5.62. The van der Waals surface area contributed by atoms with Crippen LogP contribution in [0.2, 0.25) is 0 Å². The number of methoxy groups -OCH3 is 1. The summed E-state index contributed by atoms with van der Waals surface area (Å²) in [6.07, 6.45) is 1.70. The van der Waals surface area contributed by atoms with Crippen molar-refractivity contribution < 1.29 is 9.47 Å². The Bertz CT molecular complexity index is 822. The standard InChI is InChI=1S/C19H20N4O2/c1-3-25-17-7-5-4-6-16(17)22-18-12-13-20-19(23-18)21-14-8-10-15(24-2)11-9-14/h4-13H,3H2,1-2H3,(H2,20,21,22,23). The Morgan fingerprint density at radius 2 is 1.76 bits per heavy atom. The number of ether oxygens (including phenoxy) is 2. The van der Waals surface area contributed by atoms with Crippen LogP contribution in [0.15, 0.2) is 60.8 Å². The van der Waals surface area contributed by atoms with Gasteiger partial charge in [-0.1, -0.05) is 12.1 Å². The highest BCUT2D eigenvalue weighted by atomic mass is 16.5. The number of hydrogen-bond acceptors (Lipinski definition) is 6. The SMILES string of the molecule is CCOc1ccccc1Nc1ccnc(Nc2ccc(OC)cc2)n1. The van der Waals surface area contributed by atoms with Crippen molar-refractivity contribution >= 4 is 23.1 Å². The molecule has 0 saturated carbocycles. The lowest BCUT2D eigenvalue weighted by Gasteiger charge is -2.12. The lowest BCUT2D eigenvalue weighted by atomic mass is 10.3. The third kappa shape index (κ3) is 4.38. The molecule has 1 heterocycles. The van der Waals surface area contributed by atoms with Gasteiger partial charge in [0.05, 0.1) is 19.4 Å². The van der Waals surface area contributed by atoms with Crippen molar-refractivity contribution in [1.29, 1.82) is 0 Å². The lowest BCUT2D eigenvalue weighted by molar-refractivity contribution is 0.342. The average molecular weight is 336 g/mol. The van der Waals surface area contributed by atoms with Crippen LogP contribution < -0.4 is 20.1 Å². The molecule has 6 nitrogen and oxygen atoms in total. The summed E-state index contributed by atoms with van der Waals surface area (Å²) in [5.74, 6) is 2.77. The van der Waals surface area contributed by atoms with Gasteiger partial charge in [-0.15, -0.1) is 0 Å². The minimum Gasteiger partial charge on any atom is -0.497 e. The molecule has 0 atom stereocenters. The predicted octanol–water partition coefficient (Wildman–Crippen LogP) is 4.37. The molecule has 0 aliphatic rings. The van der Waals surface area contributed by atoms with E-state index in [1.165, 1.54) is 0 Å². The van der Waals surface area contributed by atoms with Crippen molar-refractivity contribution in [1.82, 2.24) is 9.97 Å². The molecule has 128 valence electrons. The summed E-state index contributed by atoms with van der Waals surface area (Å²) in [6.45, 7) is 2.56. The summed E-state index contributed by atoms with van der Waals surface area (Å²) < 4.78 is 10.8. The Morgan fingerprint density at radius 3 is 2.52 bits per heavy atom. The fourth-order valence-corrected chi connectivity index (χ4v) is 2.28. The van der Waals surface area contributed by atoms with Gasteiger partial charge in [0.25, 0.3) is 0 Å². The molecule has 0 aliphatic carbocycles. The zero-order valence-corrected chi connectivity index (χ0v) is 14.2. The van der Waals surface area contributed by atoms with Crippen LogP contribution in [0.3, 0.4) is 0 Å². The molecule has 0 aliphatic heterocycles. The van der Waals surface area contributed by atoms with Crippen LogP contribution in [0, 0.1) is 0 Å². The Labute approximate surface area is 146 Å². The quantitative estimate of drug-likeness (QED) is 0.668. The van der Waals surface area contributed by atoms with E-state index in [1.54, 1.807) is 13.3 Å². The van der Waals surface area contributed by atoms with Crippen LogP contribution in [-0.4, -0.2) is 23.7 Å². The molecular formula is C19H20N4O2. The van der Waals surface area contributed by atoms with Gasteiger partial charge in [-0.2, -0.15) is 4.98 Å². The minimum atomic E-state index is 0.504. The summed E-state index contributed by atoms with van der Waals surface area (Å²) >= 11 is 0. The molecule has 0 unspecified atom stereocenters.